The second-order valence-electron chi connectivity index (χ2n) is 6.57. The Kier molecular flexibility index (Phi) is 6.82. The number of benzene rings is 1. The van der Waals surface area contributed by atoms with E-state index in [9.17, 15) is 0 Å². The molecule has 0 heterocycles. The van der Waals surface area contributed by atoms with Gasteiger partial charge in [-0.2, -0.15) is 0 Å². The third kappa shape index (κ3) is 6.71. The van der Waals surface area contributed by atoms with Crippen LogP contribution in [0.2, 0.25) is 0 Å². The molecule has 0 spiro atoms. The van der Waals surface area contributed by atoms with E-state index >= 15 is 0 Å². The van der Waals surface area contributed by atoms with E-state index in [-0.39, 0.29) is 6.10 Å². The maximum atomic E-state index is 6.04. The van der Waals surface area contributed by atoms with E-state index in [1.165, 1.54) is 0 Å². The van der Waals surface area contributed by atoms with Crippen LogP contribution in [0.4, 0.5) is 11.4 Å². The van der Waals surface area contributed by atoms with E-state index in [4.69, 9.17) is 10.5 Å². The Labute approximate surface area is 129 Å². The first kappa shape index (κ1) is 17.6. The Bertz CT molecular complexity index is 430. The average molecular weight is 293 g/mol. The van der Waals surface area contributed by atoms with Crippen LogP contribution in [0.1, 0.15) is 27.7 Å². The molecule has 4 nitrogen and oxygen atoms in total. The number of hydrogen-bond donors (Lipinski definition) is 1. The Morgan fingerprint density at radius 1 is 1.05 bits per heavy atom. The van der Waals surface area contributed by atoms with Crippen LogP contribution in [0.25, 0.3) is 0 Å². The fourth-order valence-corrected chi connectivity index (χ4v) is 2.22. The molecule has 0 saturated heterocycles. The summed E-state index contributed by atoms with van der Waals surface area (Å²) in [7, 11) is 4.19. The van der Waals surface area contributed by atoms with Gasteiger partial charge in [0.05, 0.1) is 6.10 Å². The Morgan fingerprint density at radius 2 is 1.71 bits per heavy atom. The van der Waals surface area contributed by atoms with Crippen LogP contribution in [-0.2, 0) is 0 Å². The summed E-state index contributed by atoms with van der Waals surface area (Å²) in [5.41, 5.74) is 7.93. The van der Waals surface area contributed by atoms with Crippen molar-refractivity contribution < 1.29 is 4.74 Å². The molecule has 21 heavy (non-hydrogen) atoms. The molecule has 120 valence electrons. The van der Waals surface area contributed by atoms with Gasteiger partial charge in [0.25, 0.3) is 0 Å². The summed E-state index contributed by atoms with van der Waals surface area (Å²) < 4.78 is 5.80. The van der Waals surface area contributed by atoms with Crippen LogP contribution in [0.5, 0.6) is 5.75 Å². The maximum absolute atomic E-state index is 6.04. The first-order valence-electron chi connectivity index (χ1n) is 7.74. The normalized spacial score (nSPS) is 11.5. The highest BCUT2D eigenvalue weighted by molar-refractivity contribution is 5.60. The van der Waals surface area contributed by atoms with Gasteiger partial charge >= 0.3 is 0 Å². The van der Waals surface area contributed by atoms with Gasteiger partial charge in [0, 0.05) is 43.1 Å². The molecule has 0 aliphatic carbocycles. The summed E-state index contributed by atoms with van der Waals surface area (Å²) in [6, 6.07) is 6.02. The van der Waals surface area contributed by atoms with Gasteiger partial charge in [0.15, 0.2) is 0 Å². The van der Waals surface area contributed by atoms with Crippen LogP contribution < -0.4 is 15.4 Å². The van der Waals surface area contributed by atoms with Crippen molar-refractivity contribution in [3.63, 3.8) is 0 Å². The number of rotatable bonds is 8. The number of ether oxygens (including phenoxy) is 1. The lowest BCUT2D eigenvalue weighted by atomic mass is 10.1. The first-order valence-corrected chi connectivity index (χ1v) is 7.74. The van der Waals surface area contributed by atoms with E-state index in [1.54, 1.807) is 0 Å². The molecule has 1 aromatic carbocycles. The van der Waals surface area contributed by atoms with Crippen LogP contribution in [0, 0.1) is 5.92 Å². The molecule has 0 aliphatic heterocycles. The third-order valence-corrected chi connectivity index (χ3v) is 3.05. The average Bonchev–Trinajstić information content (AvgIpc) is 2.32. The minimum Gasteiger partial charge on any atom is -0.491 e. The predicted octanol–water partition coefficient (Wildman–Crippen LogP) is 3.08. The van der Waals surface area contributed by atoms with Crippen LogP contribution in [-0.4, -0.2) is 44.7 Å². The minimum absolute atomic E-state index is 0.153. The summed E-state index contributed by atoms with van der Waals surface area (Å²) in [5, 5.41) is 0. The summed E-state index contributed by atoms with van der Waals surface area (Å²) >= 11 is 0. The molecule has 0 bridgehead atoms. The first-order chi connectivity index (χ1) is 9.77. The molecule has 0 atom stereocenters. The number of likely N-dealkylation sites (N-methyl/N-ethyl adjacent to an activating group) is 1. The van der Waals surface area contributed by atoms with E-state index in [0.717, 1.165) is 36.8 Å². The fourth-order valence-electron chi connectivity index (χ4n) is 2.22. The predicted molar refractivity (Wildman–Crippen MR) is 92.2 cm³/mol. The molecule has 1 aromatic rings. The number of nitrogen functional groups attached to an aromatic ring is 1. The van der Waals surface area contributed by atoms with Crippen LogP contribution in [0.15, 0.2) is 18.2 Å². The highest BCUT2D eigenvalue weighted by Gasteiger charge is 2.12. The van der Waals surface area contributed by atoms with Gasteiger partial charge in [-0.05, 0) is 39.9 Å². The number of anilines is 2. The molecule has 1 rings (SSSR count). The van der Waals surface area contributed by atoms with Crippen molar-refractivity contribution >= 4 is 11.4 Å². The number of nitrogens with zero attached hydrogens (tertiary/aromatic N) is 2. The second-order valence-corrected chi connectivity index (χ2v) is 6.57. The molecule has 0 aromatic heterocycles. The number of nitrogens with two attached hydrogens (primary N) is 1. The van der Waals surface area contributed by atoms with Crippen LogP contribution in [0.3, 0.4) is 0 Å². The lowest BCUT2D eigenvalue weighted by Gasteiger charge is -2.29. The van der Waals surface area contributed by atoms with Crippen molar-refractivity contribution in [2.45, 2.75) is 33.8 Å². The van der Waals surface area contributed by atoms with Gasteiger partial charge in [-0.25, -0.2) is 0 Å². The van der Waals surface area contributed by atoms with Crippen molar-refractivity contribution in [1.82, 2.24) is 4.90 Å². The summed E-state index contributed by atoms with van der Waals surface area (Å²) in [4.78, 5) is 4.58. The second kappa shape index (κ2) is 8.13. The molecule has 0 radical (unpaired) electrons. The molecular formula is C17H31N3O. The van der Waals surface area contributed by atoms with Gasteiger partial charge in [-0.1, -0.05) is 13.8 Å². The maximum Gasteiger partial charge on any atom is 0.123 e. The molecule has 0 saturated carbocycles. The zero-order valence-corrected chi connectivity index (χ0v) is 14.4. The molecular weight excluding hydrogens is 262 g/mol. The minimum atomic E-state index is 0.153. The fraction of sp³-hybridized carbons (Fsp3) is 0.647. The highest BCUT2D eigenvalue weighted by atomic mass is 16.5. The summed E-state index contributed by atoms with van der Waals surface area (Å²) in [6.07, 6.45) is 0.153. The molecule has 0 aliphatic rings. The zero-order chi connectivity index (χ0) is 16.0. The monoisotopic (exact) mass is 293 g/mol. The SMILES string of the molecule is CC(C)CN(CCN(C)C)c1cc(N)cc(OC(C)C)c1. The standard InChI is InChI=1S/C17H31N3O/c1-13(2)12-20(8-7-19(5)6)16-9-15(18)10-17(11-16)21-14(3)4/h9-11,13-14H,7-8,12,18H2,1-6H3. The zero-order valence-electron chi connectivity index (χ0n) is 14.4. The third-order valence-electron chi connectivity index (χ3n) is 3.05. The van der Waals surface area contributed by atoms with Crippen molar-refractivity contribution in [1.29, 1.82) is 0 Å². The summed E-state index contributed by atoms with van der Waals surface area (Å²) in [5.74, 6) is 1.45. The van der Waals surface area contributed by atoms with E-state index in [1.807, 2.05) is 26.0 Å². The van der Waals surface area contributed by atoms with Gasteiger partial charge in [0.2, 0.25) is 0 Å². The van der Waals surface area contributed by atoms with Gasteiger partial charge in [-0.3, -0.25) is 0 Å². The van der Waals surface area contributed by atoms with E-state index in [2.05, 4.69) is 43.8 Å². The smallest absolute Gasteiger partial charge is 0.123 e. The summed E-state index contributed by atoms with van der Waals surface area (Å²) in [6.45, 7) is 11.5. The quantitative estimate of drug-likeness (QED) is 0.748. The largest absolute Gasteiger partial charge is 0.491 e. The van der Waals surface area contributed by atoms with Gasteiger partial charge < -0.3 is 20.3 Å². The molecule has 0 unspecified atom stereocenters. The van der Waals surface area contributed by atoms with Crippen LogP contribution >= 0.6 is 0 Å². The van der Waals surface area contributed by atoms with E-state index in [0.29, 0.717) is 5.92 Å². The number of hydrogen-bond acceptors (Lipinski definition) is 4. The van der Waals surface area contributed by atoms with E-state index < -0.39 is 0 Å². The lowest BCUT2D eigenvalue weighted by molar-refractivity contribution is 0.242. The molecule has 0 amide bonds. The Morgan fingerprint density at radius 3 is 2.24 bits per heavy atom. The molecule has 4 heteroatoms. The highest BCUT2D eigenvalue weighted by Crippen LogP contribution is 2.27. The van der Waals surface area contributed by atoms with Crippen molar-refractivity contribution in [2.24, 2.45) is 5.92 Å². The van der Waals surface area contributed by atoms with Crippen molar-refractivity contribution in [2.75, 3.05) is 44.4 Å². The van der Waals surface area contributed by atoms with Crippen molar-refractivity contribution in [3.05, 3.63) is 18.2 Å². The Hall–Kier alpha value is -1.42. The Balaban J connectivity index is 2.96. The van der Waals surface area contributed by atoms with Crippen molar-refractivity contribution in [3.8, 4) is 5.75 Å². The molecule has 0 fully saturated rings. The lowest BCUT2D eigenvalue weighted by Crippen LogP contribution is -2.34. The topological polar surface area (TPSA) is 41.7 Å². The van der Waals surface area contributed by atoms with Gasteiger partial charge in [-0.15, -0.1) is 0 Å². The van der Waals surface area contributed by atoms with Gasteiger partial charge in [0.1, 0.15) is 5.75 Å². The molecule has 2 N–H and O–H groups in total.